The molecular formula is C18H32O2. The van der Waals surface area contributed by atoms with Gasteiger partial charge < -0.3 is 5.11 Å². The topological polar surface area (TPSA) is 37.3 Å². The molecular weight excluding hydrogens is 248 g/mol. The average molecular weight is 280 g/mol. The molecule has 0 rings (SSSR count). The summed E-state index contributed by atoms with van der Waals surface area (Å²) in [5.41, 5.74) is 0. The summed E-state index contributed by atoms with van der Waals surface area (Å²) in [6.45, 7) is 2.26. The summed E-state index contributed by atoms with van der Waals surface area (Å²) >= 11 is 0. The Bertz CT molecular complexity index is 267. The maximum atomic E-state index is 10.3. The highest BCUT2D eigenvalue weighted by Gasteiger charge is 1.91. The number of carbonyl (C=O) groups is 1. The minimum Gasteiger partial charge on any atom is -0.481 e. The molecule has 0 bridgehead atoms. The molecule has 0 aliphatic rings. The lowest BCUT2D eigenvalue weighted by molar-refractivity contribution is -0.136. The molecule has 1 N–H and O–H groups in total. The van der Waals surface area contributed by atoms with Crippen molar-refractivity contribution in [2.75, 3.05) is 0 Å². The number of hydrogen-bond acceptors (Lipinski definition) is 1. The van der Waals surface area contributed by atoms with E-state index in [-0.39, 0.29) is 6.42 Å². The van der Waals surface area contributed by atoms with E-state index in [4.69, 9.17) is 5.11 Å². The van der Waals surface area contributed by atoms with E-state index in [9.17, 15) is 4.79 Å². The van der Waals surface area contributed by atoms with Crippen molar-refractivity contribution >= 4 is 5.97 Å². The number of unbranched alkanes of at least 4 members (excludes halogenated alkanes) is 9. The first-order valence-corrected chi connectivity index (χ1v) is 8.30. The van der Waals surface area contributed by atoms with E-state index in [1.165, 1.54) is 57.8 Å². The minimum atomic E-state index is -0.728. The summed E-state index contributed by atoms with van der Waals surface area (Å²) < 4.78 is 0. The maximum Gasteiger partial charge on any atom is 0.303 e. The Morgan fingerprint density at radius 1 is 0.800 bits per heavy atom. The lowest BCUT2D eigenvalue weighted by atomic mass is 10.1. The van der Waals surface area contributed by atoms with E-state index in [1.807, 2.05) is 18.2 Å². The van der Waals surface area contributed by atoms with Gasteiger partial charge in [-0.05, 0) is 19.3 Å². The van der Waals surface area contributed by atoms with Crippen molar-refractivity contribution in [3.63, 3.8) is 0 Å². The standard InChI is InChI=1S/C18H32O2/c1-2-3-4-5-6-7-8-9-10-11-12-13-14-15-16-17-18(19)20/h12-15H,2-11,16-17H2,1H3,(H,19,20)/b13-12+,15-14+. The number of allylic oxidation sites excluding steroid dienone is 4. The fourth-order valence-electron chi connectivity index (χ4n) is 2.13. The molecule has 116 valence electrons. The van der Waals surface area contributed by atoms with Crippen LogP contribution in [0, 0.1) is 0 Å². The third-order valence-corrected chi connectivity index (χ3v) is 3.38. The molecule has 2 heteroatoms. The average Bonchev–Trinajstić information content (AvgIpc) is 2.43. The zero-order chi connectivity index (χ0) is 14.9. The molecule has 0 amide bonds. The Kier molecular flexibility index (Phi) is 15.2. The summed E-state index contributed by atoms with van der Waals surface area (Å²) in [6.07, 6.45) is 22.4. The van der Waals surface area contributed by atoms with Crippen LogP contribution in [-0.4, -0.2) is 11.1 Å². The monoisotopic (exact) mass is 280 g/mol. The van der Waals surface area contributed by atoms with E-state index in [0.29, 0.717) is 6.42 Å². The van der Waals surface area contributed by atoms with E-state index in [1.54, 1.807) is 0 Å². The van der Waals surface area contributed by atoms with Gasteiger partial charge in [0.05, 0.1) is 0 Å². The molecule has 20 heavy (non-hydrogen) atoms. The molecule has 0 aromatic rings. The van der Waals surface area contributed by atoms with E-state index in [2.05, 4.69) is 13.0 Å². The van der Waals surface area contributed by atoms with Crippen LogP contribution in [0.5, 0.6) is 0 Å². The number of hydrogen-bond donors (Lipinski definition) is 1. The molecule has 0 aromatic carbocycles. The predicted octanol–water partition coefficient (Wildman–Crippen LogP) is 5.88. The van der Waals surface area contributed by atoms with Crippen LogP contribution in [0.1, 0.15) is 84.0 Å². The van der Waals surface area contributed by atoms with E-state index >= 15 is 0 Å². The summed E-state index contributed by atoms with van der Waals surface area (Å²) in [5.74, 6) is -0.728. The summed E-state index contributed by atoms with van der Waals surface area (Å²) in [7, 11) is 0. The molecule has 0 saturated carbocycles. The van der Waals surface area contributed by atoms with Crippen molar-refractivity contribution in [1.82, 2.24) is 0 Å². The van der Waals surface area contributed by atoms with Gasteiger partial charge in [-0.3, -0.25) is 4.79 Å². The number of aliphatic carboxylic acids is 1. The van der Waals surface area contributed by atoms with Crippen molar-refractivity contribution in [1.29, 1.82) is 0 Å². The van der Waals surface area contributed by atoms with Crippen LogP contribution in [0.15, 0.2) is 24.3 Å². The van der Waals surface area contributed by atoms with Crippen LogP contribution in [0.4, 0.5) is 0 Å². The molecule has 0 spiro atoms. The number of rotatable bonds is 14. The summed E-state index contributed by atoms with van der Waals surface area (Å²) in [4.78, 5) is 10.3. The van der Waals surface area contributed by atoms with Gasteiger partial charge in [0.15, 0.2) is 0 Å². The zero-order valence-corrected chi connectivity index (χ0v) is 13.2. The van der Waals surface area contributed by atoms with Gasteiger partial charge in [-0.25, -0.2) is 0 Å². The Hall–Kier alpha value is -1.05. The van der Waals surface area contributed by atoms with Crippen LogP contribution in [0.3, 0.4) is 0 Å². The van der Waals surface area contributed by atoms with Crippen molar-refractivity contribution in [2.24, 2.45) is 0 Å². The van der Waals surface area contributed by atoms with Crippen LogP contribution in [0.25, 0.3) is 0 Å². The Balaban J connectivity index is 3.17. The molecule has 0 radical (unpaired) electrons. The molecule has 0 heterocycles. The van der Waals surface area contributed by atoms with Gasteiger partial charge in [0.25, 0.3) is 0 Å². The minimum absolute atomic E-state index is 0.225. The first kappa shape index (κ1) is 18.9. The fourth-order valence-corrected chi connectivity index (χ4v) is 2.13. The highest BCUT2D eigenvalue weighted by Crippen LogP contribution is 2.10. The number of carboxylic acid groups (broad SMARTS) is 1. The normalized spacial score (nSPS) is 11.7. The van der Waals surface area contributed by atoms with Gasteiger partial charge in [-0.1, -0.05) is 82.6 Å². The second-order valence-corrected chi connectivity index (χ2v) is 5.41. The lowest BCUT2D eigenvalue weighted by Crippen LogP contribution is -1.91. The largest absolute Gasteiger partial charge is 0.481 e. The second kappa shape index (κ2) is 16.0. The molecule has 0 fully saturated rings. The molecule has 2 nitrogen and oxygen atoms in total. The Morgan fingerprint density at radius 3 is 1.85 bits per heavy atom. The predicted molar refractivity (Wildman–Crippen MR) is 87.0 cm³/mol. The van der Waals surface area contributed by atoms with Crippen molar-refractivity contribution in [2.45, 2.75) is 84.0 Å². The Morgan fingerprint density at radius 2 is 1.30 bits per heavy atom. The molecule has 0 aromatic heterocycles. The second-order valence-electron chi connectivity index (χ2n) is 5.41. The van der Waals surface area contributed by atoms with Crippen molar-refractivity contribution in [3.8, 4) is 0 Å². The van der Waals surface area contributed by atoms with Gasteiger partial charge in [0.2, 0.25) is 0 Å². The highest BCUT2D eigenvalue weighted by molar-refractivity contribution is 5.66. The molecule has 0 atom stereocenters. The van der Waals surface area contributed by atoms with Gasteiger partial charge >= 0.3 is 5.97 Å². The van der Waals surface area contributed by atoms with Crippen LogP contribution < -0.4 is 0 Å². The SMILES string of the molecule is CCCCCCCCCCC/C=C/C=C/CCC(=O)O. The van der Waals surface area contributed by atoms with Crippen molar-refractivity contribution < 1.29 is 9.90 Å². The molecule has 0 aliphatic carbocycles. The number of carboxylic acids is 1. The highest BCUT2D eigenvalue weighted by atomic mass is 16.4. The third-order valence-electron chi connectivity index (χ3n) is 3.38. The van der Waals surface area contributed by atoms with Crippen LogP contribution in [0.2, 0.25) is 0 Å². The first-order valence-electron chi connectivity index (χ1n) is 8.30. The maximum absolute atomic E-state index is 10.3. The lowest BCUT2D eigenvalue weighted by Gasteiger charge is -2.00. The molecule has 0 unspecified atom stereocenters. The quantitative estimate of drug-likeness (QED) is 0.318. The van der Waals surface area contributed by atoms with Gasteiger partial charge in [-0.15, -0.1) is 0 Å². The fraction of sp³-hybridized carbons (Fsp3) is 0.722. The van der Waals surface area contributed by atoms with E-state index in [0.717, 1.165) is 6.42 Å². The first-order chi connectivity index (χ1) is 9.77. The van der Waals surface area contributed by atoms with E-state index < -0.39 is 5.97 Å². The van der Waals surface area contributed by atoms with Gasteiger partial charge in [-0.2, -0.15) is 0 Å². The van der Waals surface area contributed by atoms with Crippen molar-refractivity contribution in [3.05, 3.63) is 24.3 Å². The third kappa shape index (κ3) is 16.9. The summed E-state index contributed by atoms with van der Waals surface area (Å²) in [6, 6.07) is 0. The molecule has 0 saturated heterocycles. The smallest absolute Gasteiger partial charge is 0.303 e. The molecule has 0 aliphatic heterocycles. The van der Waals surface area contributed by atoms with Crippen LogP contribution >= 0.6 is 0 Å². The summed E-state index contributed by atoms with van der Waals surface area (Å²) in [5, 5.41) is 8.47. The van der Waals surface area contributed by atoms with Gasteiger partial charge in [0.1, 0.15) is 0 Å². The Labute approximate surface area is 125 Å². The van der Waals surface area contributed by atoms with Crippen LogP contribution in [-0.2, 0) is 4.79 Å². The van der Waals surface area contributed by atoms with Gasteiger partial charge in [0, 0.05) is 6.42 Å². The zero-order valence-electron chi connectivity index (χ0n) is 13.2.